The van der Waals surface area contributed by atoms with Crippen LogP contribution in [0.5, 0.6) is 0 Å². The maximum absolute atomic E-state index is 13.6. The van der Waals surface area contributed by atoms with E-state index in [2.05, 4.69) is 39.7 Å². The molecule has 142 valence electrons. The summed E-state index contributed by atoms with van der Waals surface area (Å²) in [6, 6.07) is 11.7. The quantitative estimate of drug-likeness (QED) is 0.498. The molecule has 0 aliphatic rings. The Kier molecular flexibility index (Phi) is 6.57. The molecule has 0 unspecified atom stereocenters. The van der Waals surface area contributed by atoms with Crippen LogP contribution in [0.4, 0.5) is 9.52 Å². The van der Waals surface area contributed by atoms with Crippen LogP contribution in [-0.2, 0) is 0 Å². The summed E-state index contributed by atoms with van der Waals surface area (Å²) in [5, 5.41) is 0.629. The van der Waals surface area contributed by atoms with Crippen molar-refractivity contribution in [1.82, 2.24) is 9.88 Å². The molecular formula is C20H21BrFN3OS. The van der Waals surface area contributed by atoms with Crippen LogP contribution in [-0.4, -0.2) is 42.0 Å². The van der Waals surface area contributed by atoms with Crippen molar-refractivity contribution in [2.45, 2.75) is 13.8 Å². The smallest absolute Gasteiger partial charge is 0.260 e. The third-order valence-corrected chi connectivity index (χ3v) is 5.96. The molecule has 7 heteroatoms. The Balaban J connectivity index is 1.96. The number of likely N-dealkylation sites (N-methyl/N-ethyl adjacent to an activating group) is 1. The molecule has 0 aliphatic carbocycles. The van der Waals surface area contributed by atoms with Crippen molar-refractivity contribution >= 4 is 48.5 Å². The van der Waals surface area contributed by atoms with E-state index >= 15 is 0 Å². The van der Waals surface area contributed by atoms with Crippen molar-refractivity contribution < 1.29 is 9.18 Å². The second-order valence-corrected chi connectivity index (χ2v) is 8.03. The third-order valence-electron chi connectivity index (χ3n) is 4.42. The summed E-state index contributed by atoms with van der Waals surface area (Å²) in [5.41, 5.74) is 1.17. The molecule has 0 bridgehead atoms. The number of fused-ring (bicyclic) bond motifs is 1. The third kappa shape index (κ3) is 4.72. The first-order chi connectivity index (χ1) is 13.0. The molecule has 27 heavy (non-hydrogen) atoms. The maximum Gasteiger partial charge on any atom is 0.260 e. The predicted octanol–water partition coefficient (Wildman–Crippen LogP) is 5.19. The summed E-state index contributed by atoms with van der Waals surface area (Å²) in [6.45, 7) is 7.23. The van der Waals surface area contributed by atoms with Gasteiger partial charge in [0.05, 0.1) is 10.2 Å². The van der Waals surface area contributed by atoms with Gasteiger partial charge in [0.25, 0.3) is 5.91 Å². The molecule has 1 heterocycles. The Morgan fingerprint density at radius 1 is 1.15 bits per heavy atom. The molecule has 3 rings (SSSR count). The van der Waals surface area contributed by atoms with E-state index in [0.717, 1.165) is 34.3 Å². The summed E-state index contributed by atoms with van der Waals surface area (Å²) in [4.78, 5) is 21.7. The molecule has 3 aromatic rings. The van der Waals surface area contributed by atoms with Gasteiger partial charge in [0, 0.05) is 23.1 Å². The van der Waals surface area contributed by atoms with Gasteiger partial charge in [-0.2, -0.15) is 0 Å². The minimum Gasteiger partial charge on any atom is -0.302 e. The van der Waals surface area contributed by atoms with Gasteiger partial charge < -0.3 is 4.90 Å². The summed E-state index contributed by atoms with van der Waals surface area (Å²) in [5.74, 6) is -0.655. The Hall–Kier alpha value is -1.83. The highest BCUT2D eigenvalue weighted by molar-refractivity contribution is 9.10. The van der Waals surface area contributed by atoms with Crippen molar-refractivity contribution in [3.63, 3.8) is 0 Å². The molecule has 0 fully saturated rings. The van der Waals surface area contributed by atoms with Crippen molar-refractivity contribution in [2.24, 2.45) is 0 Å². The summed E-state index contributed by atoms with van der Waals surface area (Å²) >= 11 is 4.94. The lowest BCUT2D eigenvalue weighted by Gasteiger charge is -2.24. The van der Waals surface area contributed by atoms with E-state index in [0.29, 0.717) is 17.2 Å². The van der Waals surface area contributed by atoms with Gasteiger partial charge in [-0.05, 0) is 49.5 Å². The average Bonchev–Trinajstić information content (AvgIpc) is 3.07. The fraction of sp³-hybridized carbons (Fsp3) is 0.300. The van der Waals surface area contributed by atoms with Crippen LogP contribution in [0.25, 0.3) is 10.2 Å². The van der Waals surface area contributed by atoms with E-state index in [1.165, 1.54) is 23.5 Å². The average molecular weight is 450 g/mol. The normalized spacial score (nSPS) is 11.3. The lowest BCUT2D eigenvalue weighted by molar-refractivity contribution is 0.0983. The molecule has 1 amide bonds. The molecule has 0 spiro atoms. The zero-order valence-corrected chi connectivity index (χ0v) is 17.7. The van der Waals surface area contributed by atoms with E-state index in [1.54, 1.807) is 17.0 Å². The number of anilines is 1. The molecule has 1 aromatic heterocycles. The highest BCUT2D eigenvalue weighted by atomic mass is 79.9. The van der Waals surface area contributed by atoms with Gasteiger partial charge in [-0.15, -0.1) is 0 Å². The molecule has 0 N–H and O–H groups in total. The topological polar surface area (TPSA) is 36.4 Å². The van der Waals surface area contributed by atoms with Crippen LogP contribution in [0.2, 0.25) is 0 Å². The number of benzene rings is 2. The largest absolute Gasteiger partial charge is 0.302 e. The molecule has 0 saturated heterocycles. The Morgan fingerprint density at radius 2 is 1.93 bits per heavy atom. The summed E-state index contributed by atoms with van der Waals surface area (Å²) in [7, 11) is 0. The van der Waals surface area contributed by atoms with E-state index in [-0.39, 0.29) is 5.91 Å². The first kappa shape index (κ1) is 19.9. The molecular weight excluding hydrogens is 429 g/mol. The second-order valence-electron chi connectivity index (χ2n) is 6.10. The molecule has 0 atom stereocenters. The number of carbonyl (C=O) groups is 1. The van der Waals surface area contributed by atoms with Crippen LogP contribution in [0, 0.1) is 5.82 Å². The minimum atomic E-state index is -0.419. The monoisotopic (exact) mass is 449 g/mol. The van der Waals surface area contributed by atoms with Gasteiger partial charge in [0.2, 0.25) is 0 Å². The number of amides is 1. The van der Waals surface area contributed by atoms with Gasteiger partial charge in [0.15, 0.2) is 5.13 Å². The first-order valence-corrected chi connectivity index (χ1v) is 10.5. The number of halogens is 2. The number of rotatable bonds is 7. The fourth-order valence-corrected chi connectivity index (χ4v) is 4.39. The van der Waals surface area contributed by atoms with E-state index in [9.17, 15) is 9.18 Å². The SMILES string of the molecule is CCN(CC)CCN(C(=O)c1cccc(F)c1)c1nc2ccc(Br)cc2s1. The first-order valence-electron chi connectivity index (χ1n) is 8.87. The number of hydrogen-bond donors (Lipinski definition) is 0. The number of carbonyl (C=O) groups excluding carboxylic acids is 1. The summed E-state index contributed by atoms with van der Waals surface area (Å²) in [6.07, 6.45) is 0. The molecule has 0 saturated carbocycles. The Labute approximate surface area is 170 Å². The minimum absolute atomic E-state index is 0.236. The highest BCUT2D eigenvalue weighted by Gasteiger charge is 2.22. The van der Waals surface area contributed by atoms with Crippen LogP contribution in [0.1, 0.15) is 24.2 Å². The zero-order chi connectivity index (χ0) is 19.4. The van der Waals surface area contributed by atoms with Crippen molar-refractivity contribution in [1.29, 1.82) is 0 Å². The molecule has 4 nitrogen and oxygen atoms in total. The number of thiazole rings is 1. The number of hydrogen-bond acceptors (Lipinski definition) is 4. The molecule has 2 aromatic carbocycles. The lowest BCUT2D eigenvalue weighted by Crippen LogP contribution is -2.38. The van der Waals surface area contributed by atoms with Crippen molar-refractivity contribution in [2.75, 3.05) is 31.1 Å². The number of nitrogens with zero attached hydrogens (tertiary/aromatic N) is 3. The van der Waals surface area contributed by atoms with Gasteiger partial charge in [-0.1, -0.05) is 47.2 Å². The number of aromatic nitrogens is 1. The highest BCUT2D eigenvalue weighted by Crippen LogP contribution is 2.31. The molecule has 0 aliphatic heterocycles. The fourth-order valence-electron chi connectivity index (χ4n) is 2.84. The standard InChI is InChI=1S/C20H21BrFN3OS/c1-3-24(4-2)10-11-25(19(26)14-6-5-7-16(22)12-14)20-23-17-9-8-15(21)13-18(17)27-20/h5-9,12-13H,3-4,10-11H2,1-2H3. The van der Waals surface area contributed by atoms with E-state index in [4.69, 9.17) is 0 Å². The molecule has 0 radical (unpaired) electrons. The van der Waals surface area contributed by atoms with E-state index in [1.807, 2.05) is 18.2 Å². The van der Waals surface area contributed by atoms with Crippen LogP contribution in [0.3, 0.4) is 0 Å². The summed E-state index contributed by atoms with van der Waals surface area (Å²) < 4.78 is 15.6. The zero-order valence-electron chi connectivity index (χ0n) is 15.3. The maximum atomic E-state index is 13.6. The van der Waals surface area contributed by atoms with Gasteiger partial charge in [-0.3, -0.25) is 9.69 Å². The van der Waals surface area contributed by atoms with Crippen LogP contribution < -0.4 is 4.90 Å². The van der Waals surface area contributed by atoms with Gasteiger partial charge in [0.1, 0.15) is 5.82 Å². The van der Waals surface area contributed by atoms with Gasteiger partial charge in [-0.25, -0.2) is 9.37 Å². The van der Waals surface area contributed by atoms with Crippen molar-refractivity contribution in [3.05, 3.63) is 58.3 Å². The predicted molar refractivity (Wildman–Crippen MR) is 113 cm³/mol. The van der Waals surface area contributed by atoms with Crippen molar-refractivity contribution in [3.8, 4) is 0 Å². The second kappa shape index (κ2) is 8.91. The van der Waals surface area contributed by atoms with Crippen LogP contribution in [0.15, 0.2) is 46.9 Å². The van der Waals surface area contributed by atoms with Crippen LogP contribution >= 0.6 is 27.3 Å². The van der Waals surface area contributed by atoms with E-state index < -0.39 is 5.82 Å². The Morgan fingerprint density at radius 3 is 2.63 bits per heavy atom. The van der Waals surface area contributed by atoms with Gasteiger partial charge >= 0.3 is 0 Å². The Bertz CT molecular complexity index is 942. The lowest BCUT2D eigenvalue weighted by atomic mass is 10.2.